The predicted molar refractivity (Wildman–Crippen MR) is 77.0 cm³/mol. The van der Waals surface area contributed by atoms with Crippen LogP contribution in [0.3, 0.4) is 0 Å². The molecule has 0 unspecified atom stereocenters. The van der Waals surface area contributed by atoms with Crippen LogP contribution in [0.25, 0.3) is 0 Å². The molecule has 0 aliphatic carbocycles. The Morgan fingerprint density at radius 3 is 2.53 bits per heavy atom. The number of benzene rings is 1. The second-order valence-electron chi connectivity index (χ2n) is 4.94. The molecule has 4 nitrogen and oxygen atoms in total. The van der Waals surface area contributed by atoms with Crippen molar-refractivity contribution in [3.05, 3.63) is 23.8 Å². The highest BCUT2D eigenvalue weighted by Gasteiger charge is 2.15. The van der Waals surface area contributed by atoms with Crippen molar-refractivity contribution in [1.82, 2.24) is 4.72 Å². The van der Waals surface area contributed by atoms with Gasteiger partial charge >= 0.3 is 0 Å². The zero-order valence-corrected chi connectivity index (χ0v) is 12.9. The fourth-order valence-corrected chi connectivity index (χ4v) is 2.80. The first-order valence-corrected chi connectivity index (χ1v) is 8.08. The molecule has 0 radical (unpaired) electrons. The Labute approximate surface area is 116 Å². The summed E-state index contributed by atoms with van der Waals surface area (Å²) in [6.07, 6.45) is 0.829. The van der Waals surface area contributed by atoms with E-state index in [2.05, 4.69) is 18.6 Å². The summed E-state index contributed by atoms with van der Waals surface area (Å²) in [6.45, 7) is 8.91. The first-order valence-electron chi connectivity index (χ1n) is 6.60. The monoisotopic (exact) mass is 285 g/mol. The van der Waals surface area contributed by atoms with E-state index < -0.39 is 10.0 Å². The Kier molecular flexibility index (Phi) is 5.82. The molecule has 0 bridgehead atoms. The summed E-state index contributed by atoms with van der Waals surface area (Å²) in [5.74, 6) is 1.20. The number of rotatable bonds is 7. The Morgan fingerprint density at radius 1 is 1.32 bits per heavy atom. The van der Waals surface area contributed by atoms with Gasteiger partial charge in [0.25, 0.3) is 0 Å². The first-order chi connectivity index (χ1) is 8.86. The van der Waals surface area contributed by atoms with Gasteiger partial charge in [-0.05, 0) is 49.9 Å². The summed E-state index contributed by atoms with van der Waals surface area (Å²) in [6, 6.07) is 4.92. The summed E-state index contributed by atoms with van der Waals surface area (Å²) in [7, 11) is -3.42. The number of aryl methyl sites for hydroxylation is 1. The van der Waals surface area contributed by atoms with Gasteiger partial charge < -0.3 is 4.74 Å². The number of nitrogens with one attached hydrogen (secondary N) is 1. The summed E-state index contributed by atoms with van der Waals surface area (Å²) in [5.41, 5.74) is 0.827. The molecule has 0 spiro atoms. The van der Waals surface area contributed by atoms with Gasteiger partial charge in [0.15, 0.2) is 0 Å². The molecule has 1 aromatic rings. The van der Waals surface area contributed by atoms with E-state index in [9.17, 15) is 8.42 Å². The van der Waals surface area contributed by atoms with Gasteiger partial charge in [0.2, 0.25) is 10.0 Å². The molecule has 1 N–H and O–H groups in total. The molecule has 0 fully saturated rings. The molecule has 108 valence electrons. The standard InChI is InChI=1S/C14H23NO3S/c1-5-18-14-7-6-13(10-12(14)4)19(16,17)15-9-8-11(2)3/h6-7,10-11,15H,5,8-9H2,1-4H3. The summed E-state index contributed by atoms with van der Waals surface area (Å²) >= 11 is 0. The maximum absolute atomic E-state index is 12.1. The first kappa shape index (κ1) is 16.0. The van der Waals surface area contributed by atoms with E-state index in [1.165, 1.54) is 0 Å². The van der Waals surface area contributed by atoms with Gasteiger partial charge in [-0.1, -0.05) is 13.8 Å². The van der Waals surface area contributed by atoms with Crippen LogP contribution in [0, 0.1) is 12.8 Å². The lowest BCUT2D eigenvalue weighted by molar-refractivity contribution is 0.337. The third kappa shape index (κ3) is 4.84. The minimum Gasteiger partial charge on any atom is -0.494 e. The van der Waals surface area contributed by atoms with E-state index in [0.29, 0.717) is 19.1 Å². The predicted octanol–water partition coefficient (Wildman–Crippen LogP) is 2.72. The highest BCUT2D eigenvalue weighted by Crippen LogP contribution is 2.21. The molecule has 0 amide bonds. The van der Waals surface area contributed by atoms with Crippen LogP contribution in [0.15, 0.2) is 23.1 Å². The van der Waals surface area contributed by atoms with Gasteiger partial charge in [-0.2, -0.15) is 0 Å². The molecule has 0 atom stereocenters. The molecule has 0 saturated heterocycles. The van der Waals surface area contributed by atoms with E-state index in [4.69, 9.17) is 4.74 Å². The average Bonchev–Trinajstić information content (AvgIpc) is 2.31. The van der Waals surface area contributed by atoms with Crippen LogP contribution < -0.4 is 9.46 Å². The quantitative estimate of drug-likeness (QED) is 0.838. The molecule has 0 aromatic heterocycles. The fraction of sp³-hybridized carbons (Fsp3) is 0.571. The van der Waals surface area contributed by atoms with Crippen molar-refractivity contribution in [3.8, 4) is 5.75 Å². The van der Waals surface area contributed by atoms with E-state index in [1.54, 1.807) is 18.2 Å². The number of sulfonamides is 1. The maximum Gasteiger partial charge on any atom is 0.240 e. The molecule has 1 aromatic carbocycles. The van der Waals surface area contributed by atoms with Gasteiger partial charge in [-0.3, -0.25) is 0 Å². The Balaban J connectivity index is 2.81. The van der Waals surface area contributed by atoms with Crippen molar-refractivity contribution in [2.24, 2.45) is 5.92 Å². The van der Waals surface area contributed by atoms with Crippen LogP contribution >= 0.6 is 0 Å². The Bertz CT molecular complexity index is 509. The summed E-state index contributed by atoms with van der Waals surface area (Å²) < 4.78 is 32.2. The number of hydrogen-bond acceptors (Lipinski definition) is 3. The normalized spacial score (nSPS) is 11.8. The van der Waals surface area contributed by atoms with Crippen LogP contribution in [0.5, 0.6) is 5.75 Å². The van der Waals surface area contributed by atoms with Crippen molar-refractivity contribution in [2.75, 3.05) is 13.2 Å². The van der Waals surface area contributed by atoms with Gasteiger partial charge in [0.1, 0.15) is 5.75 Å². The molecule has 0 heterocycles. The highest BCUT2D eigenvalue weighted by molar-refractivity contribution is 7.89. The molecule has 0 aliphatic rings. The zero-order chi connectivity index (χ0) is 14.5. The largest absolute Gasteiger partial charge is 0.494 e. The minimum absolute atomic E-state index is 0.289. The Morgan fingerprint density at radius 2 is 2.00 bits per heavy atom. The van der Waals surface area contributed by atoms with Crippen LogP contribution in [-0.4, -0.2) is 21.6 Å². The third-order valence-electron chi connectivity index (χ3n) is 2.77. The maximum atomic E-state index is 12.1. The van der Waals surface area contributed by atoms with Gasteiger partial charge in [-0.25, -0.2) is 13.1 Å². The summed E-state index contributed by atoms with van der Waals surface area (Å²) in [5, 5.41) is 0. The number of ether oxygens (including phenoxy) is 1. The lowest BCUT2D eigenvalue weighted by Gasteiger charge is -2.11. The van der Waals surface area contributed by atoms with Crippen molar-refractivity contribution >= 4 is 10.0 Å². The molecule has 19 heavy (non-hydrogen) atoms. The fourth-order valence-electron chi connectivity index (χ4n) is 1.67. The average molecular weight is 285 g/mol. The molecule has 0 aliphatic heterocycles. The molecular weight excluding hydrogens is 262 g/mol. The Hall–Kier alpha value is -1.07. The van der Waals surface area contributed by atoms with Crippen LogP contribution in [0.2, 0.25) is 0 Å². The second-order valence-corrected chi connectivity index (χ2v) is 6.71. The van der Waals surface area contributed by atoms with Crippen LogP contribution in [0.1, 0.15) is 32.8 Å². The summed E-state index contributed by atoms with van der Waals surface area (Å²) in [4.78, 5) is 0.289. The van der Waals surface area contributed by atoms with Crippen molar-refractivity contribution < 1.29 is 13.2 Å². The molecule has 0 saturated carbocycles. The lowest BCUT2D eigenvalue weighted by Crippen LogP contribution is -2.25. The van der Waals surface area contributed by atoms with Crippen molar-refractivity contribution in [1.29, 1.82) is 0 Å². The van der Waals surface area contributed by atoms with Crippen molar-refractivity contribution in [3.63, 3.8) is 0 Å². The molecule has 5 heteroatoms. The minimum atomic E-state index is -3.42. The van der Waals surface area contributed by atoms with E-state index in [-0.39, 0.29) is 4.90 Å². The van der Waals surface area contributed by atoms with Crippen molar-refractivity contribution in [2.45, 2.75) is 39.0 Å². The van der Waals surface area contributed by atoms with Crippen LogP contribution in [-0.2, 0) is 10.0 Å². The van der Waals surface area contributed by atoms with Gasteiger partial charge in [0.05, 0.1) is 11.5 Å². The molecular formula is C14H23NO3S. The number of hydrogen-bond donors (Lipinski definition) is 1. The third-order valence-corrected chi connectivity index (χ3v) is 4.23. The van der Waals surface area contributed by atoms with Crippen LogP contribution in [0.4, 0.5) is 0 Å². The van der Waals surface area contributed by atoms with Gasteiger partial charge in [-0.15, -0.1) is 0 Å². The topological polar surface area (TPSA) is 55.4 Å². The SMILES string of the molecule is CCOc1ccc(S(=O)(=O)NCCC(C)C)cc1C. The lowest BCUT2D eigenvalue weighted by atomic mass is 10.1. The smallest absolute Gasteiger partial charge is 0.240 e. The second kappa shape index (κ2) is 6.91. The van der Waals surface area contributed by atoms with E-state index in [1.807, 2.05) is 13.8 Å². The van der Waals surface area contributed by atoms with E-state index in [0.717, 1.165) is 17.7 Å². The zero-order valence-electron chi connectivity index (χ0n) is 12.1. The van der Waals surface area contributed by atoms with E-state index >= 15 is 0 Å². The van der Waals surface area contributed by atoms with Gasteiger partial charge in [0, 0.05) is 6.54 Å². The molecule has 1 rings (SSSR count). The highest BCUT2D eigenvalue weighted by atomic mass is 32.2.